The van der Waals surface area contributed by atoms with Crippen molar-refractivity contribution in [2.75, 3.05) is 11.4 Å². The van der Waals surface area contributed by atoms with Crippen molar-refractivity contribution >= 4 is 34.6 Å². The van der Waals surface area contributed by atoms with Crippen LogP contribution < -0.4 is 4.90 Å². The molecule has 0 amide bonds. The monoisotopic (exact) mass is 475 g/mol. The quantitative estimate of drug-likeness (QED) is 0.237. The van der Waals surface area contributed by atoms with Crippen molar-refractivity contribution < 1.29 is 4.79 Å². The third-order valence-corrected chi connectivity index (χ3v) is 7.55. The smallest absolute Gasteiger partial charge is 0.212 e. The molecule has 1 aliphatic rings. The van der Waals surface area contributed by atoms with Crippen molar-refractivity contribution in [3.63, 3.8) is 0 Å². The molecule has 0 saturated heterocycles. The van der Waals surface area contributed by atoms with Gasteiger partial charge in [0.15, 0.2) is 0 Å². The van der Waals surface area contributed by atoms with Crippen LogP contribution in [-0.4, -0.2) is 21.7 Å². The number of hydrogen-bond donors (Lipinski definition) is 0. The third kappa shape index (κ3) is 3.82. The van der Waals surface area contributed by atoms with Gasteiger partial charge in [0.2, 0.25) is 5.78 Å². The lowest BCUT2D eigenvalue weighted by Crippen LogP contribution is -2.22. The highest BCUT2D eigenvalue weighted by Crippen LogP contribution is 2.48. The summed E-state index contributed by atoms with van der Waals surface area (Å²) in [5.41, 5.74) is 5.99. The summed E-state index contributed by atoms with van der Waals surface area (Å²) < 4.78 is 1.91. The molecule has 0 saturated carbocycles. The first-order chi connectivity index (χ1) is 17.2. The highest BCUT2D eigenvalue weighted by Gasteiger charge is 2.26. The minimum Gasteiger partial charge on any atom is -0.340 e. The van der Waals surface area contributed by atoms with E-state index in [4.69, 9.17) is 4.98 Å². The van der Waals surface area contributed by atoms with Crippen molar-refractivity contribution in [3.8, 4) is 11.3 Å². The van der Waals surface area contributed by atoms with E-state index in [1.165, 1.54) is 15.5 Å². The van der Waals surface area contributed by atoms with Gasteiger partial charge in [0, 0.05) is 33.7 Å². The topological polar surface area (TPSA) is 37.6 Å². The minimum atomic E-state index is -0.0235. The number of rotatable bonds is 6. The van der Waals surface area contributed by atoms with Crippen molar-refractivity contribution in [1.29, 1.82) is 0 Å². The van der Waals surface area contributed by atoms with E-state index in [-0.39, 0.29) is 5.78 Å². The molecule has 35 heavy (non-hydrogen) atoms. The highest BCUT2D eigenvalue weighted by atomic mass is 32.2. The number of pyridine rings is 1. The molecule has 0 bridgehead atoms. The number of unbranched alkanes of at least 4 members (excludes halogenated alkanes) is 1. The maximum absolute atomic E-state index is 14.1. The number of anilines is 2. The summed E-state index contributed by atoms with van der Waals surface area (Å²) in [6, 6.07) is 30.4. The summed E-state index contributed by atoms with van der Waals surface area (Å²) in [6.45, 7) is 3.13. The number of benzene rings is 3. The first-order valence-electron chi connectivity index (χ1n) is 12.0. The van der Waals surface area contributed by atoms with Gasteiger partial charge in [-0.15, -0.1) is 0 Å². The zero-order valence-electron chi connectivity index (χ0n) is 19.5. The second kappa shape index (κ2) is 9.08. The number of aromatic nitrogens is 2. The van der Waals surface area contributed by atoms with E-state index in [0.717, 1.165) is 36.3 Å². The van der Waals surface area contributed by atoms with Gasteiger partial charge >= 0.3 is 0 Å². The molecule has 172 valence electrons. The van der Waals surface area contributed by atoms with E-state index >= 15 is 0 Å². The van der Waals surface area contributed by atoms with Crippen molar-refractivity contribution in [2.24, 2.45) is 0 Å². The lowest BCUT2D eigenvalue weighted by atomic mass is 10.0. The van der Waals surface area contributed by atoms with Crippen molar-refractivity contribution in [2.45, 2.75) is 29.6 Å². The molecule has 5 heteroatoms. The summed E-state index contributed by atoms with van der Waals surface area (Å²) >= 11 is 1.77. The Hall–Kier alpha value is -3.83. The maximum atomic E-state index is 14.1. The molecule has 0 spiro atoms. The van der Waals surface area contributed by atoms with Gasteiger partial charge in [0.05, 0.1) is 11.4 Å². The standard InChI is InChI=1S/C30H25N3OS/c1-2-3-18-32-23-13-7-8-14-25(23)35-26-17-16-22(20-24(26)32)30(34)29-28(21-11-5-4-6-12-21)31-27-15-9-10-19-33(27)29/h4-17,19-20H,2-3,18H2,1H3. The number of nitrogens with zero attached hydrogens (tertiary/aromatic N) is 3. The molecule has 0 fully saturated rings. The van der Waals surface area contributed by atoms with Gasteiger partial charge in [0.25, 0.3) is 0 Å². The van der Waals surface area contributed by atoms with Crippen LogP contribution in [0.15, 0.2) is 107 Å². The predicted molar refractivity (Wildman–Crippen MR) is 143 cm³/mol. The van der Waals surface area contributed by atoms with Crippen LogP contribution in [0.3, 0.4) is 0 Å². The average molecular weight is 476 g/mol. The summed E-state index contributed by atoms with van der Waals surface area (Å²) in [5.74, 6) is -0.0235. The maximum Gasteiger partial charge on any atom is 0.212 e. The summed E-state index contributed by atoms with van der Waals surface area (Å²) in [4.78, 5) is 23.7. The Morgan fingerprint density at radius 3 is 2.49 bits per heavy atom. The van der Waals surface area contributed by atoms with Crippen molar-refractivity contribution in [1.82, 2.24) is 9.38 Å². The Morgan fingerprint density at radius 1 is 0.857 bits per heavy atom. The minimum absolute atomic E-state index is 0.0235. The number of fused-ring (bicyclic) bond motifs is 3. The molecule has 3 heterocycles. The fourth-order valence-electron chi connectivity index (χ4n) is 4.67. The van der Waals surface area contributed by atoms with Gasteiger partial charge in [-0.3, -0.25) is 9.20 Å². The number of para-hydroxylation sites is 1. The molecule has 2 aromatic heterocycles. The molecule has 0 aliphatic carbocycles. The second-order valence-electron chi connectivity index (χ2n) is 8.69. The number of ketones is 1. The molecule has 5 aromatic rings. The summed E-state index contributed by atoms with van der Waals surface area (Å²) in [6.07, 6.45) is 4.12. The first-order valence-corrected chi connectivity index (χ1v) is 12.8. The molecule has 3 aromatic carbocycles. The lowest BCUT2D eigenvalue weighted by molar-refractivity contribution is 0.103. The van der Waals surface area contributed by atoms with Gasteiger partial charge < -0.3 is 4.90 Å². The van der Waals surface area contributed by atoms with E-state index in [2.05, 4.69) is 48.2 Å². The second-order valence-corrected chi connectivity index (χ2v) is 9.77. The molecular weight excluding hydrogens is 450 g/mol. The van der Waals surface area contributed by atoms with Crippen LogP contribution in [0.1, 0.15) is 35.8 Å². The normalized spacial score (nSPS) is 12.4. The van der Waals surface area contributed by atoms with Gasteiger partial charge in [-0.25, -0.2) is 4.98 Å². The highest BCUT2D eigenvalue weighted by molar-refractivity contribution is 7.99. The number of carbonyl (C=O) groups excluding carboxylic acids is 1. The van der Waals surface area contributed by atoms with E-state index in [1.54, 1.807) is 11.8 Å². The average Bonchev–Trinajstić information content (AvgIpc) is 3.30. The summed E-state index contributed by atoms with van der Waals surface area (Å²) in [7, 11) is 0. The SMILES string of the molecule is CCCCN1c2ccccc2Sc2ccc(C(=O)c3c(-c4ccccc4)nc4ccccn34)cc21. The van der Waals surface area contributed by atoms with E-state index < -0.39 is 0 Å². The molecule has 0 unspecified atom stereocenters. The van der Waals surface area contributed by atoms with Crippen LogP contribution >= 0.6 is 11.8 Å². The van der Waals surface area contributed by atoms with Crippen LogP contribution in [0.2, 0.25) is 0 Å². The zero-order chi connectivity index (χ0) is 23.8. The fourth-order valence-corrected chi connectivity index (χ4v) is 5.75. The van der Waals surface area contributed by atoms with Gasteiger partial charge in [-0.05, 0) is 48.9 Å². The van der Waals surface area contributed by atoms with Crippen LogP contribution in [0.25, 0.3) is 16.9 Å². The van der Waals surface area contributed by atoms with Gasteiger partial charge in [-0.2, -0.15) is 0 Å². The Morgan fingerprint density at radius 2 is 1.63 bits per heavy atom. The lowest BCUT2D eigenvalue weighted by Gasteiger charge is -2.33. The Kier molecular flexibility index (Phi) is 5.63. The molecular formula is C30H25N3OS. The molecule has 0 N–H and O–H groups in total. The van der Waals surface area contributed by atoms with Crippen LogP contribution in [0.4, 0.5) is 11.4 Å². The van der Waals surface area contributed by atoms with Gasteiger partial charge in [-0.1, -0.05) is 73.6 Å². The van der Waals surface area contributed by atoms with E-state index in [0.29, 0.717) is 17.0 Å². The van der Waals surface area contributed by atoms with E-state index in [1.807, 2.05) is 65.2 Å². The fraction of sp³-hybridized carbons (Fsp3) is 0.133. The van der Waals surface area contributed by atoms with Gasteiger partial charge in [0.1, 0.15) is 17.0 Å². The molecule has 4 nitrogen and oxygen atoms in total. The predicted octanol–water partition coefficient (Wildman–Crippen LogP) is 7.64. The van der Waals surface area contributed by atoms with E-state index in [9.17, 15) is 4.79 Å². The Bertz CT molecular complexity index is 1540. The van der Waals surface area contributed by atoms with Crippen LogP contribution in [0, 0.1) is 0 Å². The number of hydrogen-bond acceptors (Lipinski definition) is 4. The Balaban J connectivity index is 1.48. The first kappa shape index (κ1) is 21.7. The molecule has 6 rings (SSSR count). The number of carbonyl (C=O) groups is 1. The van der Waals surface area contributed by atoms with Crippen LogP contribution in [-0.2, 0) is 0 Å². The Labute approximate surface area is 209 Å². The van der Waals surface area contributed by atoms with Crippen molar-refractivity contribution in [3.05, 3.63) is 108 Å². The largest absolute Gasteiger partial charge is 0.340 e. The third-order valence-electron chi connectivity index (χ3n) is 6.42. The number of imidazole rings is 1. The van der Waals surface area contributed by atoms with Crippen LogP contribution in [0.5, 0.6) is 0 Å². The molecule has 0 radical (unpaired) electrons. The summed E-state index contributed by atoms with van der Waals surface area (Å²) in [5, 5.41) is 0. The zero-order valence-corrected chi connectivity index (χ0v) is 20.3. The molecule has 0 atom stereocenters. The molecule has 1 aliphatic heterocycles.